The molecule has 0 radical (unpaired) electrons. The van der Waals surface area contributed by atoms with E-state index in [0.717, 1.165) is 0 Å². The van der Waals surface area contributed by atoms with Gasteiger partial charge >= 0.3 is 0 Å². The van der Waals surface area contributed by atoms with Crippen LogP contribution in [0.5, 0.6) is 5.75 Å². The van der Waals surface area contributed by atoms with Crippen molar-refractivity contribution >= 4 is 28.3 Å². The Bertz CT molecular complexity index is 470. The highest BCUT2D eigenvalue weighted by atomic mass is 35.5. The number of phenols is 1. The second-order valence-corrected chi connectivity index (χ2v) is 3.11. The van der Waals surface area contributed by atoms with Crippen molar-refractivity contribution in [1.29, 1.82) is 0 Å². The summed E-state index contributed by atoms with van der Waals surface area (Å²) in [6.45, 7) is 0. The van der Waals surface area contributed by atoms with E-state index in [4.69, 9.17) is 17.3 Å². The predicted molar refractivity (Wildman–Crippen MR) is 52.8 cm³/mol. The molecule has 4 heteroatoms. The molecule has 66 valence electrons. The summed E-state index contributed by atoms with van der Waals surface area (Å²) in [6.07, 6.45) is 0. The van der Waals surface area contributed by atoms with Crippen LogP contribution in [0.15, 0.2) is 24.3 Å². The summed E-state index contributed by atoms with van der Waals surface area (Å²) >= 11 is 5.90. The fraction of sp³-hybridized carbons (Fsp3) is 0. The molecule has 0 amide bonds. The van der Waals surface area contributed by atoms with E-state index in [2.05, 4.69) is 4.98 Å². The third kappa shape index (κ3) is 1.27. The van der Waals surface area contributed by atoms with Crippen molar-refractivity contribution in [3.05, 3.63) is 29.3 Å². The Hall–Kier alpha value is -1.48. The smallest absolute Gasteiger partial charge is 0.141 e. The lowest BCUT2D eigenvalue weighted by atomic mass is 10.2. The van der Waals surface area contributed by atoms with Gasteiger partial charge in [-0.2, -0.15) is 0 Å². The van der Waals surface area contributed by atoms with E-state index in [1.165, 1.54) is 0 Å². The maximum Gasteiger partial charge on any atom is 0.141 e. The summed E-state index contributed by atoms with van der Waals surface area (Å²) in [5.74, 6) is 0.394. The van der Waals surface area contributed by atoms with Gasteiger partial charge in [-0.3, -0.25) is 0 Å². The van der Waals surface area contributed by atoms with Crippen LogP contribution in [0.4, 0.5) is 5.82 Å². The van der Waals surface area contributed by atoms with Crippen LogP contribution in [0.25, 0.3) is 10.9 Å². The maximum absolute atomic E-state index is 9.44. The predicted octanol–water partition coefficient (Wildman–Crippen LogP) is 2.18. The number of nitrogen functional groups attached to an aromatic ring is 1. The van der Waals surface area contributed by atoms with E-state index in [1.54, 1.807) is 24.3 Å². The van der Waals surface area contributed by atoms with E-state index >= 15 is 0 Å². The molecule has 1 heterocycles. The van der Waals surface area contributed by atoms with Gasteiger partial charge in [0.25, 0.3) is 0 Å². The number of hydrogen-bond acceptors (Lipinski definition) is 3. The molecule has 0 bridgehead atoms. The van der Waals surface area contributed by atoms with Crippen LogP contribution in [0.3, 0.4) is 0 Å². The molecule has 3 N–H and O–H groups in total. The van der Waals surface area contributed by atoms with Crippen LogP contribution in [0, 0.1) is 0 Å². The van der Waals surface area contributed by atoms with Gasteiger partial charge in [-0.15, -0.1) is 0 Å². The molecule has 0 aliphatic carbocycles. The van der Waals surface area contributed by atoms with E-state index in [9.17, 15) is 5.11 Å². The van der Waals surface area contributed by atoms with E-state index in [0.29, 0.717) is 21.7 Å². The van der Waals surface area contributed by atoms with Gasteiger partial charge in [0.1, 0.15) is 17.1 Å². The highest BCUT2D eigenvalue weighted by molar-refractivity contribution is 6.35. The first-order chi connectivity index (χ1) is 6.18. The zero-order chi connectivity index (χ0) is 9.42. The lowest BCUT2D eigenvalue weighted by Gasteiger charge is -2.02. The number of hydrogen-bond donors (Lipinski definition) is 2. The van der Waals surface area contributed by atoms with Gasteiger partial charge in [-0.1, -0.05) is 23.7 Å². The zero-order valence-corrected chi connectivity index (χ0v) is 7.42. The molecule has 13 heavy (non-hydrogen) atoms. The normalized spacial score (nSPS) is 10.5. The Morgan fingerprint density at radius 3 is 2.92 bits per heavy atom. The zero-order valence-electron chi connectivity index (χ0n) is 6.66. The van der Waals surface area contributed by atoms with Crippen molar-refractivity contribution in [1.82, 2.24) is 4.98 Å². The van der Waals surface area contributed by atoms with E-state index < -0.39 is 0 Å². The van der Waals surface area contributed by atoms with Gasteiger partial charge in [0.2, 0.25) is 0 Å². The minimum absolute atomic E-state index is 0.0895. The minimum Gasteiger partial charge on any atom is -0.506 e. The number of halogens is 1. The van der Waals surface area contributed by atoms with Gasteiger partial charge in [0, 0.05) is 5.39 Å². The largest absolute Gasteiger partial charge is 0.506 e. The topological polar surface area (TPSA) is 59.1 Å². The van der Waals surface area contributed by atoms with Crippen LogP contribution >= 0.6 is 11.6 Å². The lowest BCUT2D eigenvalue weighted by Crippen LogP contribution is -1.90. The Labute approximate surface area is 79.8 Å². The van der Waals surface area contributed by atoms with Crippen LogP contribution < -0.4 is 5.73 Å². The van der Waals surface area contributed by atoms with Crippen LogP contribution in [-0.2, 0) is 0 Å². The number of aromatic hydroxyl groups is 1. The van der Waals surface area contributed by atoms with Crippen molar-refractivity contribution in [3.8, 4) is 5.75 Å². The number of fused-ring (bicyclic) bond motifs is 1. The molecule has 1 aromatic carbocycles. The second-order valence-electron chi connectivity index (χ2n) is 2.70. The Morgan fingerprint density at radius 1 is 1.38 bits per heavy atom. The average molecular weight is 195 g/mol. The highest BCUT2D eigenvalue weighted by Gasteiger charge is 2.05. The SMILES string of the molecule is Nc1cc(Cl)c2cccc(O)c2n1. The second kappa shape index (κ2) is 2.78. The summed E-state index contributed by atoms with van der Waals surface area (Å²) in [4.78, 5) is 3.98. The van der Waals surface area contributed by atoms with Crippen molar-refractivity contribution in [2.45, 2.75) is 0 Å². The van der Waals surface area contributed by atoms with Gasteiger partial charge in [0.05, 0.1) is 5.02 Å². The summed E-state index contributed by atoms with van der Waals surface area (Å²) < 4.78 is 0. The summed E-state index contributed by atoms with van der Waals surface area (Å²) in [5, 5.41) is 10.6. The van der Waals surface area contributed by atoms with Crippen LogP contribution in [0.2, 0.25) is 5.02 Å². The molecule has 2 aromatic rings. The Morgan fingerprint density at radius 2 is 2.15 bits per heavy atom. The van der Waals surface area contributed by atoms with Gasteiger partial charge in [0.15, 0.2) is 0 Å². The first-order valence-corrected chi connectivity index (χ1v) is 4.10. The number of aromatic nitrogens is 1. The van der Waals surface area contributed by atoms with Crippen LogP contribution in [0.1, 0.15) is 0 Å². The molecule has 0 fully saturated rings. The molecule has 0 spiro atoms. The first-order valence-electron chi connectivity index (χ1n) is 3.72. The standard InChI is InChI=1S/C9H7ClN2O/c10-6-4-8(11)12-9-5(6)2-1-3-7(9)13/h1-4,13H,(H2,11,12). The highest BCUT2D eigenvalue weighted by Crippen LogP contribution is 2.29. The molecular weight excluding hydrogens is 188 g/mol. The number of nitrogens with zero attached hydrogens (tertiary/aromatic N) is 1. The number of anilines is 1. The van der Waals surface area contributed by atoms with Crippen molar-refractivity contribution in [3.63, 3.8) is 0 Å². The maximum atomic E-state index is 9.44. The monoisotopic (exact) mass is 194 g/mol. The summed E-state index contributed by atoms with van der Waals surface area (Å²) in [7, 11) is 0. The molecule has 1 aromatic heterocycles. The summed E-state index contributed by atoms with van der Waals surface area (Å²) in [6, 6.07) is 6.60. The Balaban J connectivity index is 2.94. The molecular formula is C9H7ClN2O. The number of benzene rings is 1. The molecule has 3 nitrogen and oxygen atoms in total. The molecule has 0 saturated heterocycles. The molecule has 0 aliphatic heterocycles. The number of rotatable bonds is 0. The first kappa shape index (κ1) is 8.13. The fourth-order valence-electron chi connectivity index (χ4n) is 1.21. The molecule has 0 aliphatic rings. The van der Waals surface area contributed by atoms with E-state index in [-0.39, 0.29) is 5.75 Å². The van der Waals surface area contributed by atoms with Crippen molar-refractivity contribution < 1.29 is 5.11 Å². The molecule has 0 saturated carbocycles. The third-order valence-corrected chi connectivity index (χ3v) is 2.10. The third-order valence-electron chi connectivity index (χ3n) is 1.79. The minimum atomic E-state index is 0.0895. The number of phenolic OH excluding ortho intramolecular Hbond substituents is 1. The van der Waals surface area contributed by atoms with E-state index in [1.807, 2.05) is 0 Å². The van der Waals surface area contributed by atoms with Crippen molar-refractivity contribution in [2.75, 3.05) is 5.73 Å². The quantitative estimate of drug-likeness (QED) is 0.676. The van der Waals surface area contributed by atoms with Crippen LogP contribution in [-0.4, -0.2) is 10.1 Å². The average Bonchev–Trinajstić information content (AvgIpc) is 2.07. The number of pyridine rings is 1. The van der Waals surface area contributed by atoms with Gasteiger partial charge in [-0.25, -0.2) is 4.98 Å². The summed E-state index contributed by atoms with van der Waals surface area (Å²) in [5.41, 5.74) is 5.92. The molecule has 0 unspecified atom stereocenters. The van der Waals surface area contributed by atoms with Gasteiger partial charge in [-0.05, 0) is 12.1 Å². The Kier molecular flexibility index (Phi) is 1.74. The lowest BCUT2D eigenvalue weighted by molar-refractivity contribution is 0.480. The molecule has 0 atom stereocenters. The number of nitrogens with two attached hydrogens (primary N) is 1. The molecule has 2 rings (SSSR count). The van der Waals surface area contributed by atoms with Gasteiger partial charge < -0.3 is 10.8 Å². The van der Waals surface area contributed by atoms with Crippen molar-refractivity contribution in [2.24, 2.45) is 0 Å². The fourth-order valence-corrected chi connectivity index (χ4v) is 1.47. The number of para-hydroxylation sites is 1.